The van der Waals surface area contributed by atoms with Crippen molar-refractivity contribution in [1.29, 1.82) is 0 Å². The molecule has 0 bridgehead atoms. The third-order valence-corrected chi connectivity index (χ3v) is 5.79. The molecule has 2 heterocycles. The molecule has 0 aromatic heterocycles. The fourth-order valence-corrected chi connectivity index (χ4v) is 4.04. The van der Waals surface area contributed by atoms with E-state index in [1.54, 1.807) is 6.92 Å². The summed E-state index contributed by atoms with van der Waals surface area (Å²) in [6.07, 6.45) is 6.10. The van der Waals surface area contributed by atoms with Crippen molar-refractivity contribution in [1.82, 2.24) is 10.2 Å². The van der Waals surface area contributed by atoms with E-state index in [4.69, 9.17) is 4.74 Å². The lowest BCUT2D eigenvalue weighted by atomic mass is 9.60. The molecule has 2 aliphatic heterocycles. The minimum Gasteiger partial charge on any atom is -0.381 e. The van der Waals surface area contributed by atoms with E-state index < -0.39 is 0 Å². The van der Waals surface area contributed by atoms with Gasteiger partial charge >= 0.3 is 0 Å². The van der Waals surface area contributed by atoms with Crippen LogP contribution in [0, 0.1) is 11.3 Å². The summed E-state index contributed by atoms with van der Waals surface area (Å²) in [5.74, 6) is 0.404. The number of rotatable bonds is 2. The summed E-state index contributed by atoms with van der Waals surface area (Å²) in [7, 11) is 0. The second kappa shape index (κ2) is 5.95. The number of nitrogens with zero attached hydrogens (tertiary/aromatic N) is 1. The van der Waals surface area contributed by atoms with Crippen LogP contribution in [0.1, 0.15) is 45.4 Å². The second-order valence-electron chi connectivity index (χ2n) is 6.85. The Balaban J connectivity index is 1.49. The van der Waals surface area contributed by atoms with Gasteiger partial charge in [0.15, 0.2) is 0 Å². The SMILES string of the molecule is CC(=O)N1CCC(C(=O)NC2CCC23CCOCC3)CC1. The lowest BCUT2D eigenvalue weighted by Crippen LogP contribution is -2.58. The molecule has 5 heteroatoms. The van der Waals surface area contributed by atoms with Gasteiger partial charge in [0.1, 0.15) is 0 Å². The molecule has 3 fully saturated rings. The fourth-order valence-electron chi connectivity index (χ4n) is 4.04. The largest absolute Gasteiger partial charge is 0.381 e. The van der Waals surface area contributed by atoms with Crippen LogP contribution in [0.5, 0.6) is 0 Å². The number of hydrogen-bond donors (Lipinski definition) is 1. The maximum atomic E-state index is 12.5. The number of amides is 2. The highest BCUT2D eigenvalue weighted by molar-refractivity contribution is 5.80. The Kier molecular flexibility index (Phi) is 4.20. The number of nitrogens with one attached hydrogen (secondary N) is 1. The number of carbonyl (C=O) groups excluding carboxylic acids is 2. The highest BCUT2D eigenvalue weighted by Crippen LogP contribution is 2.48. The van der Waals surface area contributed by atoms with E-state index in [1.165, 1.54) is 6.42 Å². The third kappa shape index (κ3) is 2.93. The first-order valence-corrected chi connectivity index (χ1v) is 8.24. The normalized spacial score (nSPS) is 29.0. The molecule has 21 heavy (non-hydrogen) atoms. The lowest BCUT2D eigenvalue weighted by Gasteiger charge is -2.52. The van der Waals surface area contributed by atoms with Crippen molar-refractivity contribution in [3.05, 3.63) is 0 Å². The van der Waals surface area contributed by atoms with Crippen LogP contribution in [0.4, 0.5) is 0 Å². The summed E-state index contributed by atoms with van der Waals surface area (Å²) in [4.78, 5) is 25.6. The summed E-state index contributed by atoms with van der Waals surface area (Å²) < 4.78 is 5.45. The fraction of sp³-hybridized carbons (Fsp3) is 0.875. The van der Waals surface area contributed by atoms with Gasteiger partial charge in [-0.05, 0) is 43.9 Å². The molecule has 3 rings (SSSR count). The summed E-state index contributed by atoms with van der Waals surface area (Å²) in [6, 6.07) is 0.347. The van der Waals surface area contributed by atoms with Gasteiger partial charge in [0.25, 0.3) is 0 Å². The highest BCUT2D eigenvalue weighted by atomic mass is 16.5. The van der Waals surface area contributed by atoms with E-state index in [1.807, 2.05) is 4.90 Å². The maximum Gasteiger partial charge on any atom is 0.223 e. The van der Waals surface area contributed by atoms with Gasteiger partial charge < -0.3 is 15.0 Å². The Morgan fingerprint density at radius 1 is 1.10 bits per heavy atom. The van der Waals surface area contributed by atoms with Crippen LogP contribution in [0.15, 0.2) is 0 Å². The Labute approximate surface area is 126 Å². The van der Waals surface area contributed by atoms with Crippen molar-refractivity contribution in [3.8, 4) is 0 Å². The van der Waals surface area contributed by atoms with Crippen LogP contribution in [0.2, 0.25) is 0 Å². The summed E-state index contributed by atoms with van der Waals surface area (Å²) in [5, 5.41) is 3.29. The molecule has 0 aromatic rings. The molecular formula is C16H26N2O3. The number of ether oxygens (including phenoxy) is 1. The van der Waals surface area contributed by atoms with Crippen molar-refractivity contribution in [3.63, 3.8) is 0 Å². The molecule has 5 nitrogen and oxygen atoms in total. The van der Waals surface area contributed by atoms with Crippen molar-refractivity contribution in [2.45, 2.75) is 51.5 Å². The summed E-state index contributed by atoms with van der Waals surface area (Å²) in [5.41, 5.74) is 0.313. The predicted molar refractivity (Wildman–Crippen MR) is 78.6 cm³/mol. The smallest absolute Gasteiger partial charge is 0.223 e. The van der Waals surface area contributed by atoms with Gasteiger partial charge in [-0.25, -0.2) is 0 Å². The monoisotopic (exact) mass is 294 g/mol. The maximum absolute atomic E-state index is 12.5. The van der Waals surface area contributed by atoms with Gasteiger partial charge in [0.05, 0.1) is 0 Å². The van der Waals surface area contributed by atoms with E-state index >= 15 is 0 Å². The molecule has 2 amide bonds. The first kappa shape index (κ1) is 14.8. The first-order valence-electron chi connectivity index (χ1n) is 8.24. The average molecular weight is 294 g/mol. The predicted octanol–water partition coefficient (Wildman–Crippen LogP) is 1.32. The molecule has 118 valence electrons. The van der Waals surface area contributed by atoms with Crippen molar-refractivity contribution < 1.29 is 14.3 Å². The number of piperidine rings is 1. The quantitative estimate of drug-likeness (QED) is 0.835. The number of likely N-dealkylation sites (tertiary alicyclic amines) is 1. The highest BCUT2D eigenvalue weighted by Gasteiger charge is 2.48. The molecule has 1 spiro atoms. The van der Waals surface area contributed by atoms with Crippen LogP contribution < -0.4 is 5.32 Å². The van der Waals surface area contributed by atoms with E-state index in [2.05, 4.69) is 5.32 Å². The summed E-state index contributed by atoms with van der Waals surface area (Å²) >= 11 is 0. The van der Waals surface area contributed by atoms with Gasteiger partial charge in [-0.3, -0.25) is 9.59 Å². The minimum atomic E-state index is 0.0816. The Bertz CT molecular complexity index is 410. The Morgan fingerprint density at radius 3 is 2.29 bits per heavy atom. The standard InChI is InChI=1S/C16H26N2O3/c1-12(19)18-8-3-13(4-9-18)15(20)17-14-2-5-16(14)6-10-21-11-7-16/h13-14H,2-11H2,1H3,(H,17,20). The molecule has 1 saturated carbocycles. The lowest BCUT2D eigenvalue weighted by molar-refractivity contribution is -0.136. The zero-order chi connectivity index (χ0) is 14.9. The van der Waals surface area contributed by atoms with Crippen molar-refractivity contribution in [2.24, 2.45) is 11.3 Å². The molecule has 0 aromatic carbocycles. The van der Waals surface area contributed by atoms with Gasteiger partial charge in [0, 0.05) is 45.2 Å². The molecule has 1 aliphatic carbocycles. The van der Waals surface area contributed by atoms with Crippen LogP contribution in [-0.4, -0.2) is 49.1 Å². The van der Waals surface area contributed by atoms with Gasteiger partial charge in [-0.2, -0.15) is 0 Å². The number of carbonyl (C=O) groups is 2. The zero-order valence-corrected chi connectivity index (χ0v) is 12.9. The molecule has 1 unspecified atom stereocenters. The van der Waals surface area contributed by atoms with Gasteiger partial charge in [-0.15, -0.1) is 0 Å². The Morgan fingerprint density at radius 2 is 1.76 bits per heavy atom. The number of hydrogen-bond acceptors (Lipinski definition) is 3. The van der Waals surface area contributed by atoms with E-state index in [9.17, 15) is 9.59 Å². The zero-order valence-electron chi connectivity index (χ0n) is 12.9. The van der Waals surface area contributed by atoms with Gasteiger partial charge in [0.2, 0.25) is 11.8 Å². The van der Waals surface area contributed by atoms with Gasteiger partial charge in [-0.1, -0.05) is 0 Å². The van der Waals surface area contributed by atoms with Crippen molar-refractivity contribution in [2.75, 3.05) is 26.3 Å². The average Bonchev–Trinajstić information content (AvgIpc) is 2.52. The van der Waals surface area contributed by atoms with E-state index in [-0.39, 0.29) is 17.7 Å². The van der Waals surface area contributed by atoms with Crippen LogP contribution in [0.3, 0.4) is 0 Å². The van der Waals surface area contributed by atoms with E-state index in [0.29, 0.717) is 11.5 Å². The van der Waals surface area contributed by atoms with Crippen LogP contribution in [0.25, 0.3) is 0 Å². The molecule has 2 saturated heterocycles. The molecule has 0 radical (unpaired) electrons. The van der Waals surface area contributed by atoms with Crippen molar-refractivity contribution >= 4 is 11.8 Å². The second-order valence-corrected chi connectivity index (χ2v) is 6.85. The molecular weight excluding hydrogens is 268 g/mol. The minimum absolute atomic E-state index is 0.0816. The van der Waals surface area contributed by atoms with Crippen LogP contribution in [-0.2, 0) is 14.3 Å². The molecule has 3 aliphatic rings. The topological polar surface area (TPSA) is 58.6 Å². The third-order valence-electron chi connectivity index (χ3n) is 5.79. The van der Waals surface area contributed by atoms with E-state index in [0.717, 1.165) is 58.4 Å². The summed E-state index contributed by atoms with van der Waals surface area (Å²) in [6.45, 7) is 4.71. The molecule has 1 N–H and O–H groups in total. The Hall–Kier alpha value is -1.10. The van der Waals surface area contributed by atoms with Crippen LogP contribution >= 0.6 is 0 Å². The molecule has 1 atom stereocenters. The first-order chi connectivity index (χ1) is 10.1.